The first-order valence-electron chi connectivity index (χ1n) is 8.29. The van der Waals surface area contributed by atoms with Crippen molar-refractivity contribution in [2.24, 2.45) is 11.7 Å². The van der Waals surface area contributed by atoms with Crippen molar-refractivity contribution in [3.05, 3.63) is 28.3 Å². The maximum atomic E-state index is 12.3. The van der Waals surface area contributed by atoms with Gasteiger partial charge in [0.05, 0.1) is 0 Å². The fraction of sp³-hybridized carbons (Fsp3) is 0.556. The summed E-state index contributed by atoms with van der Waals surface area (Å²) in [5, 5.41) is 0.700. The van der Waals surface area contributed by atoms with Crippen LogP contribution in [0.5, 0.6) is 5.75 Å². The number of nitrogens with two attached hydrogens (primary N) is 1. The maximum Gasteiger partial charge on any atom is 0.260 e. The number of ether oxygens (including phenoxy) is 1. The molecular weight excluding hydrogens is 328 g/mol. The van der Waals surface area contributed by atoms with Crippen molar-refractivity contribution in [3.63, 3.8) is 0 Å². The third-order valence-corrected chi connectivity index (χ3v) is 4.92. The fourth-order valence-electron chi connectivity index (χ4n) is 2.89. The Kier molecular flexibility index (Phi) is 6.10. The molecule has 1 heterocycles. The molecule has 1 saturated heterocycles. The van der Waals surface area contributed by atoms with Crippen LogP contribution in [0.15, 0.2) is 12.1 Å². The van der Waals surface area contributed by atoms with Gasteiger partial charge in [0.25, 0.3) is 5.91 Å². The summed E-state index contributed by atoms with van der Waals surface area (Å²) in [4.78, 5) is 25.3. The zero-order valence-corrected chi connectivity index (χ0v) is 15.2. The summed E-state index contributed by atoms with van der Waals surface area (Å²) < 4.78 is 5.78. The van der Waals surface area contributed by atoms with E-state index in [1.165, 1.54) is 0 Å². The largest absolute Gasteiger partial charge is 0.483 e. The summed E-state index contributed by atoms with van der Waals surface area (Å²) in [5.41, 5.74) is 7.23. The molecule has 2 rings (SSSR count). The number of carbonyl (C=O) groups excluding carboxylic acids is 2. The van der Waals surface area contributed by atoms with Crippen molar-refractivity contribution >= 4 is 23.4 Å². The number of aryl methyl sites for hydroxylation is 1. The molecule has 2 amide bonds. The molecule has 0 atom stereocenters. The highest BCUT2D eigenvalue weighted by atomic mass is 35.5. The Labute approximate surface area is 148 Å². The molecule has 1 aromatic rings. The lowest BCUT2D eigenvalue weighted by molar-refractivity contribution is -0.136. The summed E-state index contributed by atoms with van der Waals surface area (Å²) in [7, 11) is 0. The average molecular weight is 353 g/mol. The first kappa shape index (κ1) is 18.6. The molecule has 1 aliphatic heterocycles. The average Bonchev–Trinajstić information content (AvgIpc) is 2.55. The van der Waals surface area contributed by atoms with Crippen LogP contribution in [0.25, 0.3) is 0 Å². The smallest absolute Gasteiger partial charge is 0.260 e. The number of hydrogen-bond acceptors (Lipinski definition) is 3. The quantitative estimate of drug-likeness (QED) is 0.885. The van der Waals surface area contributed by atoms with Gasteiger partial charge in [0.15, 0.2) is 6.61 Å². The van der Waals surface area contributed by atoms with E-state index in [9.17, 15) is 9.59 Å². The van der Waals surface area contributed by atoms with Gasteiger partial charge in [-0.1, -0.05) is 25.4 Å². The second-order valence-electron chi connectivity index (χ2n) is 6.64. The Hall–Kier alpha value is -1.75. The standard InChI is InChI=1S/C18H25ClN2O3/c1-11(2)14-9-15(19)12(3)8-16(14)24-10-17(22)21-6-4-13(5-7-21)18(20)23/h8-9,11,13H,4-7,10H2,1-3H3,(H2,20,23). The summed E-state index contributed by atoms with van der Waals surface area (Å²) in [6, 6.07) is 3.78. The minimum Gasteiger partial charge on any atom is -0.483 e. The van der Waals surface area contributed by atoms with Crippen molar-refractivity contribution in [2.45, 2.75) is 39.5 Å². The van der Waals surface area contributed by atoms with Crippen LogP contribution in [-0.2, 0) is 9.59 Å². The monoisotopic (exact) mass is 352 g/mol. The number of hydrogen-bond donors (Lipinski definition) is 1. The lowest BCUT2D eigenvalue weighted by Crippen LogP contribution is -2.43. The third kappa shape index (κ3) is 4.41. The zero-order valence-electron chi connectivity index (χ0n) is 14.5. The van der Waals surface area contributed by atoms with Crippen LogP contribution in [0.2, 0.25) is 5.02 Å². The number of nitrogens with zero attached hydrogens (tertiary/aromatic N) is 1. The van der Waals surface area contributed by atoms with Gasteiger partial charge in [0, 0.05) is 24.0 Å². The Bertz CT molecular complexity index is 623. The molecule has 1 aromatic carbocycles. The molecule has 0 aliphatic carbocycles. The molecule has 24 heavy (non-hydrogen) atoms. The van der Waals surface area contributed by atoms with Crippen molar-refractivity contribution in [1.82, 2.24) is 4.90 Å². The second-order valence-corrected chi connectivity index (χ2v) is 7.05. The highest BCUT2D eigenvalue weighted by Gasteiger charge is 2.26. The molecule has 132 valence electrons. The first-order valence-corrected chi connectivity index (χ1v) is 8.67. The van der Waals surface area contributed by atoms with E-state index in [1.54, 1.807) is 4.90 Å². The minimum absolute atomic E-state index is 0.0119. The van der Waals surface area contributed by atoms with E-state index in [0.29, 0.717) is 36.7 Å². The van der Waals surface area contributed by atoms with Gasteiger partial charge >= 0.3 is 0 Å². The molecule has 0 spiro atoms. The summed E-state index contributed by atoms with van der Waals surface area (Å²) in [6.07, 6.45) is 1.25. The topological polar surface area (TPSA) is 72.6 Å². The number of benzene rings is 1. The Morgan fingerprint density at radius 3 is 2.50 bits per heavy atom. The van der Waals surface area contributed by atoms with E-state index in [2.05, 4.69) is 13.8 Å². The van der Waals surface area contributed by atoms with Crippen LogP contribution >= 0.6 is 11.6 Å². The number of primary amides is 1. The molecule has 0 radical (unpaired) electrons. The van der Waals surface area contributed by atoms with E-state index in [0.717, 1.165) is 11.1 Å². The molecule has 1 fully saturated rings. The van der Waals surface area contributed by atoms with E-state index in [1.807, 2.05) is 19.1 Å². The van der Waals surface area contributed by atoms with Crippen molar-refractivity contribution in [3.8, 4) is 5.75 Å². The molecular formula is C18H25ClN2O3. The van der Waals surface area contributed by atoms with E-state index >= 15 is 0 Å². The normalized spacial score (nSPS) is 15.6. The van der Waals surface area contributed by atoms with Gasteiger partial charge in [-0.2, -0.15) is 0 Å². The number of amides is 2. The van der Waals surface area contributed by atoms with Crippen LogP contribution in [-0.4, -0.2) is 36.4 Å². The molecule has 0 saturated carbocycles. The van der Waals surface area contributed by atoms with Gasteiger partial charge in [-0.05, 0) is 48.9 Å². The molecule has 5 nitrogen and oxygen atoms in total. The number of carbonyl (C=O) groups is 2. The summed E-state index contributed by atoms with van der Waals surface area (Å²) in [5.74, 6) is 0.477. The lowest BCUT2D eigenvalue weighted by Gasteiger charge is -2.30. The van der Waals surface area contributed by atoms with Crippen LogP contribution in [0, 0.1) is 12.8 Å². The van der Waals surface area contributed by atoms with Gasteiger partial charge in [0.1, 0.15) is 5.75 Å². The number of piperidine rings is 1. The van der Waals surface area contributed by atoms with E-state index < -0.39 is 0 Å². The number of rotatable bonds is 5. The lowest BCUT2D eigenvalue weighted by atomic mass is 9.96. The van der Waals surface area contributed by atoms with Crippen LogP contribution in [0.4, 0.5) is 0 Å². The summed E-state index contributed by atoms with van der Waals surface area (Å²) >= 11 is 6.19. The van der Waals surface area contributed by atoms with E-state index in [4.69, 9.17) is 22.1 Å². The predicted molar refractivity (Wildman–Crippen MR) is 94.3 cm³/mol. The van der Waals surface area contributed by atoms with Crippen molar-refractivity contribution in [1.29, 1.82) is 0 Å². The summed E-state index contributed by atoms with van der Waals surface area (Å²) in [6.45, 7) is 7.12. The Balaban J connectivity index is 1.97. The minimum atomic E-state index is -0.281. The van der Waals surface area contributed by atoms with Gasteiger partial charge in [-0.3, -0.25) is 9.59 Å². The van der Waals surface area contributed by atoms with Crippen LogP contribution in [0.1, 0.15) is 43.7 Å². The number of likely N-dealkylation sites (tertiary alicyclic amines) is 1. The number of halogens is 1. The molecule has 0 aromatic heterocycles. The SMILES string of the molecule is Cc1cc(OCC(=O)N2CCC(C(N)=O)CC2)c(C(C)C)cc1Cl. The van der Waals surface area contributed by atoms with Gasteiger partial charge in [-0.25, -0.2) is 0 Å². The first-order chi connectivity index (χ1) is 11.3. The van der Waals surface area contributed by atoms with Crippen LogP contribution in [0.3, 0.4) is 0 Å². The predicted octanol–water partition coefficient (Wildman–Crippen LogP) is 2.87. The Morgan fingerprint density at radius 2 is 1.96 bits per heavy atom. The fourth-order valence-corrected chi connectivity index (χ4v) is 3.06. The second kappa shape index (κ2) is 7.88. The van der Waals surface area contributed by atoms with E-state index in [-0.39, 0.29) is 30.3 Å². The molecule has 1 aliphatic rings. The molecule has 0 unspecified atom stereocenters. The van der Waals surface area contributed by atoms with Crippen molar-refractivity contribution < 1.29 is 14.3 Å². The Morgan fingerprint density at radius 1 is 1.33 bits per heavy atom. The highest BCUT2D eigenvalue weighted by molar-refractivity contribution is 6.31. The highest BCUT2D eigenvalue weighted by Crippen LogP contribution is 2.32. The molecule has 2 N–H and O–H groups in total. The zero-order chi connectivity index (χ0) is 17.9. The van der Waals surface area contributed by atoms with Crippen LogP contribution < -0.4 is 10.5 Å². The maximum absolute atomic E-state index is 12.3. The van der Waals surface area contributed by atoms with Gasteiger partial charge in [0.2, 0.25) is 5.91 Å². The van der Waals surface area contributed by atoms with Gasteiger partial charge < -0.3 is 15.4 Å². The van der Waals surface area contributed by atoms with Crippen molar-refractivity contribution in [2.75, 3.05) is 19.7 Å². The molecule has 6 heteroatoms. The van der Waals surface area contributed by atoms with Gasteiger partial charge in [-0.15, -0.1) is 0 Å². The molecule has 0 bridgehead atoms. The third-order valence-electron chi connectivity index (χ3n) is 4.51.